The maximum Gasteiger partial charge on any atom is 0.279 e. The summed E-state index contributed by atoms with van der Waals surface area (Å²) in [5.74, 6) is 2.39. The summed E-state index contributed by atoms with van der Waals surface area (Å²) >= 11 is 1.82. The molecule has 0 aromatic heterocycles. The van der Waals surface area contributed by atoms with Gasteiger partial charge in [-0.05, 0) is 12.2 Å². The van der Waals surface area contributed by atoms with Crippen LogP contribution in [0.3, 0.4) is 0 Å². The second-order valence-electron chi connectivity index (χ2n) is 2.87. The van der Waals surface area contributed by atoms with Gasteiger partial charge in [0.15, 0.2) is 5.76 Å². The van der Waals surface area contributed by atoms with Crippen molar-refractivity contribution in [2.75, 3.05) is 11.5 Å². The molecular formula is C7H9NO3S2. The highest BCUT2D eigenvalue weighted by atomic mass is 32.2. The van der Waals surface area contributed by atoms with Gasteiger partial charge in [-0.25, -0.2) is 0 Å². The molecule has 72 valence electrons. The fourth-order valence-corrected chi connectivity index (χ4v) is 3.01. The molecular weight excluding hydrogens is 210 g/mol. The van der Waals surface area contributed by atoms with Crippen LogP contribution in [0.25, 0.3) is 0 Å². The van der Waals surface area contributed by atoms with Gasteiger partial charge < -0.3 is 4.74 Å². The van der Waals surface area contributed by atoms with Gasteiger partial charge in [0.25, 0.3) is 10.0 Å². The molecule has 4 nitrogen and oxygen atoms in total. The Morgan fingerprint density at radius 1 is 1.62 bits per heavy atom. The summed E-state index contributed by atoms with van der Waals surface area (Å²) < 4.78 is 30.4. The van der Waals surface area contributed by atoms with Crippen molar-refractivity contribution in [3.63, 3.8) is 0 Å². The summed E-state index contributed by atoms with van der Waals surface area (Å²) in [5, 5.41) is 1.07. The van der Waals surface area contributed by atoms with Gasteiger partial charge in [0, 0.05) is 5.75 Å². The molecule has 0 radical (unpaired) electrons. The summed E-state index contributed by atoms with van der Waals surface area (Å²) in [6.45, 7) is 0. The van der Waals surface area contributed by atoms with E-state index in [1.807, 2.05) is 11.8 Å². The SMILES string of the molecule is O=S1(=O)C=C(OC2CCSC2)C=N1. The average molecular weight is 219 g/mol. The van der Waals surface area contributed by atoms with Crippen LogP contribution in [0, 0.1) is 0 Å². The molecule has 2 aliphatic heterocycles. The molecule has 0 aromatic rings. The van der Waals surface area contributed by atoms with Crippen molar-refractivity contribution >= 4 is 28.0 Å². The zero-order valence-corrected chi connectivity index (χ0v) is 8.47. The summed E-state index contributed by atoms with van der Waals surface area (Å²) in [4.78, 5) is 0. The maximum atomic E-state index is 10.9. The molecule has 2 heterocycles. The number of hydrogen-bond acceptors (Lipinski definition) is 4. The third-order valence-electron chi connectivity index (χ3n) is 1.78. The Morgan fingerprint density at radius 3 is 3.00 bits per heavy atom. The highest BCUT2D eigenvalue weighted by Gasteiger charge is 2.21. The third-order valence-corrected chi connectivity index (χ3v) is 3.84. The second kappa shape index (κ2) is 3.34. The smallest absolute Gasteiger partial charge is 0.279 e. The lowest BCUT2D eigenvalue weighted by molar-refractivity contribution is 0.155. The zero-order chi connectivity index (χ0) is 9.31. The zero-order valence-electron chi connectivity index (χ0n) is 6.84. The van der Waals surface area contributed by atoms with Crippen LogP contribution in [-0.2, 0) is 14.8 Å². The molecule has 2 rings (SSSR count). The average Bonchev–Trinajstić information content (AvgIpc) is 2.61. The fourth-order valence-electron chi connectivity index (χ4n) is 1.19. The lowest BCUT2D eigenvalue weighted by atomic mass is 10.3. The van der Waals surface area contributed by atoms with Crippen LogP contribution in [0.5, 0.6) is 0 Å². The molecule has 0 aromatic carbocycles. The van der Waals surface area contributed by atoms with Gasteiger partial charge in [-0.15, -0.1) is 0 Å². The van der Waals surface area contributed by atoms with E-state index in [1.165, 1.54) is 6.21 Å². The predicted molar refractivity (Wildman–Crippen MR) is 52.3 cm³/mol. The Hall–Kier alpha value is -0.490. The van der Waals surface area contributed by atoms with Gasteiger partial charge in [0.2, 0.25) is 0 Å². The van der Waals surface area contributed by atoms with Crippen molar-refractivity contribution in [1.29, 1.82) is 0 Å². The van der Waals surface area contributed by atoms with Gasteiger partial charge >= 0.3 is 0 Å². The van der Waals surface area contributed by atoms with E-state index in [4.69, 9.17) is 4.74 Å². The van der Waals surface area contributed by atoms with Crippen LogP contribution < -0.4 is 0 Å². The van der Waals surface area contributed by atoms with Gasteiger partial charge in [0.05, 0.1) is 11.6 Å². The molecule has 0 aliphatic carbocycles. The highest BCUT2D eigenvalue weighted by molar-refractivity contribution is 7.99. The number of rotatable bonds is 2. The first kappa shape index (κ1) is 9.08. The Balaban J connectivity index is 2.00. The number of sulfonamides is 1. The number of ether oxygens (including phenoxy) is 1. The lowest BCUT2D eigenvalue weighted by Gasteiger charge is -2.09. The number of hydrogen-bond donors (Lipinski definition) is 0. The summed E-state index contributed by atoms with van der Waals surface area (Å²) in [7, 11) is -3.36. The predicted octanol–water partition coefficient (Wildman–Crippen LogP) is 0.764. The first-order valence-electron chi connectivity index (χ1n) is 3.92. The number of nitrogens with zero attached hydrogens (tertiary/aromatic N) is 1. The van der Waals surface area contributed by atoms with E-state index in [0.29, 0.717) is 5.76 Å². The van der Waals surface area contributed by atoms with Crippen LogP contribution >= 0.6 is 11.8 Å². The van der Waals surface area contributed by atoms with Gasteiger partial charge in [-0.3, -0.25) is 0 Å². The van der Waals surface area contributed by atoms with Gasteiger partial charge in [-0.1, -0.05) is 0 Å². The molecule has 13 heavy (non-hydrogen) atoms. The third kappa shape index (κ3) is 2.25. The minimum atomic E-state index is -3.36. The van der Waals surface area contributed by atoms with Crippen molar-refractivity contribution in [3.8, 4) is 0 Å². The van der Waals surface area contributed by atoms with Crippen molar-refractivity contribution in [2.24, 2.45) is 4.40 Å². The Morgan fingerprint density at radius 2 is 2.46 bits per heavy atom. The standard InChI is InChI=1S/C7H9NO3S2/c9-13(10)5-7(3-8-13)11-6-1-2-12-4-6/h3,5-6H,1-2,4H2. The van der Waals surface area contributed by atoms with Crippen molar-refractivity contribution < 1.29 is 13.2 Å². The molecule has 1 fully saturated rings. The molecule has 0 N–H and O–H groups in total. The highest BCUT2D eigenvalue weighted by Crippen LogP contribution is 2.23. The summed E-state index contributed by atoms with van der Waals surface area (Å²) in [5.41, 5.74) is 0. The minimum Gasteiger partial charge on any atom is -0.487 e. The Kier molecular flexibility index (Phi) is 2.33. The largest absolute Gasteiger partial charge is 0.487 e. The van der Waals surface area contributed by atoms with Gasteiger partial charge in [-0.2, -0.15) is 24.6 Å². The monoisotopic (exact) mass is 219 g/mol. The molecule has 0 saturated carbocycles. The Labute approximate surface area is 81.1 Å². The molecule has 0 bridgehead atoms. The second-order valence-corrected chi connectivity index (χ2v) is 5.50. The van der Waals surface area contributed by atoms with E-state index < -0.39 is 10.0 Å². The van der Waals surface area contributed by atoms with Crippen LogP contribution in [-0.4, -0.2) is 32.2 Å². The minimum absolute atomic E-state index is 0.149. The molecule has 1 atom stereocenters. The summed E-state index contributed by atoms with van der Waals surface area (Å²) in [6, 6.07) is 0. The van der Waals surface area contributed by atoms with Gasteiger partial charge in [0.1, 0.15) is 6.10 Å². The van der Waals surface area contributed by atoms with E-state index in [-0.39, 0.29) is 6.10 Å². The quantitative estimate of drug-likeness (QED) is 0.688. The Bertz CT molecular complexity index is 352. The number of allylic oxidation sites excluding steroid dienone is 1. The van der Waals surface area contributed by atoms with Crippen molar-refractivity contribution in [2.45, 2.75) is 12.5 Å². The summed E-state index contributed by atoms with van der Waals surface area (Å²) in [6.07, 6.45) is 2.39. The molecule has 1 saturated heterocycles. The topological polar surface area (TPSA) is 55.7 Å². The van der Waals surface area contributed by atoms with E-state index in [9.17, 15) is 8.42 Å². The molecule has 0 spiro atoms. The molecule has 0 amide bonds. The molecule has 1 unspecified atom stereocenters. The van der Waals surface area contributed by atoms with Crippen molar-refractivity contribution in [3.05, 3.63) is 11.2 Å². The van der Waals surface area contributed by atoms with Crippen LogP contribution in [0.1, 0.15) is 6.42 Å². The van der Waals surface area contributed by atoms with E-state index in [2.05, 4.69) is 4.40 Å². The maximum absolute atomic E-state index is 10.9. The van der Waals surface area contributed by atoms with Crippen LogP contribution in [0.2, 0.25) is 0 Å². The van der Waals surface area contributed by atoms with E-state index in [1.54, 1.807) is 0 Å². The molecule has 6 heteroatoms. The van der Waals surface area contributed by atoms with Crippen LogP contribution in [0.4, 0.5) is 0 Å². The first-order valence-corrected chi connectivity index (χ1v) is 6.58. The van der Waals surface area contributed by atoms with E-state index >= 15 is 0 Å². The molecule has 2 aliphatic rings. The van der Waals surface area contributed by atoms with Crippen LogP contribution in [0.15, 0.2) is 15.6 Å². The van der Waals surface area contributed by atoms with Crippen molar-refractivity contribution in [1.82, 2.24) is 0 Å². The lowest BCUT2D eigenvalue weighted by Crippen LogP contribution is -2.10. The number of thioether (sulfide) groups is 1. The van der Waals surface area contributed by atoms with E-state index in [0.717, 1.165) is 23.3 Å². The first-order chi connectivity index (χ1) is 6.16. The fraction of sp³-hybridized carbons (Fsp3) is 0.571. The normalized spacial score (nSPS) is 30.5.